The lowest BCUT2D eigenvalue weighted by molar-refractivity contribution is -0.152. The highest BCUT2D eigenvalue weighted by atomic mass is 16.5. The van der Waals surface area contributed by atoms with Gasteiger partial charge in [-0.3, -0.25) is 9.59 Å². The summed E-state index contributed by atoms with van der Waals surface area (Å²) >= 11 is 0. The van der Waals surface area contributed by atoms with Crippen molar-refractivity contribution in [1.29, 1.82) is 0 Å². The molecule has 1 aliphatic heterocycles. The predicted octanol–water partition coefficient (Wildman–Crippen LogP) is -1.35. The number of esters is 1. The first-order valence-electron chi connectivity index (χ1n) is 5.77. The quantitative estimate of drug-likeness (QED) is 0.608. The Kier molecular flexibility index (Phi) is 5.08. The molecule has 1 unspecified atom stereocenters. The molecule has 0 aromatic rings. The van der Waals surface area contributed by atoms with Gasteiger partial charge in [-0.05, 0) is 12.8 Å². The standard InChI is InChI=1S/C11H18N2O5/c1-7(15)12-8(6-14)10(16)13-5-3-4-9(13)11(17)18-2/h8-9,14H,3-6H2,1-2H3,(H,12,15)/t8-,9?/m0/s1. The second kappa shape index (κ2) is 6.34. The third kappa shape index (κ3) is 3.19. The van der Waals surface area contributed by atoms with E-state index in [1.165, 1.54) is 18.9 Å². The van der Waals surface area contributed by atoms with E-state index in [4.69, 9.17) is 5.11 Å². The molecule has 18 heavy (non-hydrogen) atoms. The Balaban J connectivity index is 2.74. The maximum Gasteiger partial charge on any atom is 0.328 e. The van der Waals surface area contributed by atoms with E-state index in [0.717, 1.165) is 0 Å². The van der Waals surface area contributed by atoms with Crippen LogP contribution in [0.5, 0.6) is 0 Å². The normalized spacial score (nSPS) is 20.4. The van der Waals surface area contributed by atoms with E-state index in [1.807, 2.05) is 0 Å². The maximum absolute atomic E-state index is 12.1. The molecule has 0 aromatic carbocycles. The molecule has 2 N–H and O–H groups in total. The fraction of sp³-hybridized carbons (Fsp3) is 0.727. The second-order valence-electron chi connectivity index (χ2n) is 4.15. The molecule has 0 spiro atoms. The molecule has 1 heterocycles. The van der Waals surface area contributed by atoms with Gasteiger partial charge in [0, 0.05) is 13.5 Å². The van der Waals surface area contributed by atoms with E-state index in [0.29, 0.717) is 19.4 Å². The number of aliphatic hydroxyl groups is 1. The fourth-order valence-electron chi connectivity index (χ4n) is 2.04. The van der Waals surface area contributed by atoms with Crippen molar-refractivity contribution in [2.75, 3.05) is 20.3 Å². The number of methoxy groups -OCH3 is 1. The van der Waals surface area contributed by atoms with Gasteiger partial charge in [-0.1, -0.05) is 0 Å². The van der Waals surface area contributed by atoms with E-state index in [-0.39, 0.29) is 0 Å². The molecule has 0 radical (unpaired) electrons. The second-order valence-corrected chi connectivity index (χ2v) is 4.15. The summed E-state index contributed by atoms with van der Waals surface area (Å²) in [7, 11) is 1.26. The van der Waals surface area contributed by atoms with Crippen LogP contribution in [0.1, 0.15) is 19.8 Å². The largest absolute Gasteiger partial charge is 0.467 e. The number of hydrogen-bond donors (Lipinski definition) is 2. The zero-order chi connectivity index (χ0) is 13.7. The Labute approximate surface area is 105 Å². The third-order valence-electron chi connectivity index (χ3n) is 2.87. The Morgan fingerprint density at radius 3 is 2.67 bits per heavy atom. The Hall–Kier alpha value is -1.63. The molecule has 1 saturated heterocycles. The van der Waals surface area contributed by atoms with Crippen molar-refractivity contribution in [2.24, 2.45) is 0 Å². The highest BCUT2D eigenvalue weighted by molar-refractivity contribution is 5.90. The van der Waals surface area contributed by atoms with E-state index in [2.05, 4.69) is 10.1 Å². The molecule has 1 fully saturated rings. The first kappa shape index (κ1) is 14.4. The van der Waals surface area contributed by atoms with Crippen LogP contribution in [-0.4, -0.2) is 60.1 Å². The SMILES string of the molecule is COC(=O)C1CCCN1C(=O)[C@H](CO)NC(C)=O. The molecule has 1 aliphatic rings. The van der Waals surface area contributed by atoms with Crippen LogP contribution in [0.2, 0.25) is 0 Å². The number of likely N-dealkylation sites (tertiary alicyclic amines) is 1. The van der Waals surface area contributed by atoms with Gasteiger partial charge in [0.1, 0.15) is 12.1 Å². The predicted molar refractivity (Wildman–Crippen MR) is 61.4 cm³/mol. The summed E-state index contributed by atoms with van der Waals surface area (Å²) in [6.45, 7) is 1.19. The average Bonchev–Trinajstić information content (AvgIpc) is 2.82. The molecule has 102 valence electrons. The van der Waals surface area contributed by atoms with Gasteiger partial charge >= 0.3 is 5.97 Å². The fourth-order valence-corrected chi connectivity index (χ4v) is 2.04. The smallest absolute Gasteiger partial charge is 0.328 e. The molecule has 0 saturated carbocycles. The van der Waals surface area contributed by atoms with E-state index >= 15 is 0 Å². The van der Waals surface area contributed by atoms with Crippen molar-refractivity contribution < 1.29 is 24.2 Å². The number of aliphatic hydroxyl groups excluding tert-OH is 1. The Morgan fingerprint density at radius 1 is 1.50 bits per heavy atom. The van der Waals surface area contributed by atoms with Crippen LogP contribution in [0.3, 0.4) is 0 Å². The van der Waals surface area contributed by atoms with Crippen molar-refractivity contribution in [3.63, 3.8) is 0 Å². The molecule has 1 rings (SSSR count). The van der Waals surface area contributed by atoms with Gasteiger partial charge in [-0.25, -0.2) is 4.79 Å². The molecule has 7 heteroatoms. The number of hydrogen-bond acceptors (Lipinski definition) is 5. The lowest BCUT2D eigenvalue weighted by Gasteiger charge is -2.26. The van der Waals surface area contributed by atoms with Crippen LogP contribution in [0.25, 0.3) is 0 Å². The van der Waals surface area contributed by atoms with Crippen molar-refractivity contribution in [2.45, 2.75) is 31.8 Å². The maximum atomic E-state index is 12.1. The zero-order valence-electron chi connectivity index (χ0n) is 10.5. The van der Waals surface area contributed by atoms with Crippen LogP contribution in [0.15, 0.2) is 0 Å². The van der Waals surface area contributed by atoms with Gasteiger partial charge in [-0.2, -0.15) is 0 Å². The molecule has 2 atom stereocenters. The first-order chi connectivity index (χ1) is 8.51. The molecule has 7 nitrogen and oxygen atoms in total. The Bertz CT molecular complexity index is 344. The Morgan fingerprint density at radius 2 is 2.17 bits per heavy atom. The molecular weight excluding hydrogens is 240 g/mol. The van der Waals surface area contributed by atoms with Crippen LogP contribution in [-0.2, 0) is 19.1 Å². The molecular formula is C11H18N2O5. The van der Waals surface area contributed by atoms with Gasteiger partial charge in [0.15, 0.2) is 0 Å². The summed E-state index contributed by atoms with van der Waals surface area (Å²) in [4.78, 5) is 35.9. The number of rotatable bonds is 4. The lowest BCUT2D eigenvalue weighted by atomic mass is 10.2. The molecule has 2 amide bonds. The monoisotopic (exact) mass is 258 g/mol. The summed E-state index contributed by atoms with van der Waals surface area (Å²) in [6, 6.07) is -1.63. The topological polar surface area (TPSA) is 95.9 Å². The first-order valence-corrected chi connectivity index (χ1v) is 5.77. The summed E-state index contributed by atoms with van der Waals surface area (Å²) in [5, 5.41) is 11.5. The summed E-state index contributed by atoms with van der Waals surface area (Å²) in [5.41, 5.74) is 0. The van der Waals surface area contributed by atoms with Gasteiger partial charge < -0.3 is 20.1 Å². The molecule has 0 aliphatic carbocycles. The van der Waals surface area contributed by atoms with Gasteiger partial charge in [0.2, 0.25) is 11.8 Å². The number of ether oxygens (including phenoxy) is 1. The lowest BCUT2D eigenvalue weighted by Crippen LogP contribution is -2.53. The number of nitrogens with zero attached hydrogens (tertiary/aromatic N) is 1. The van der Waals surface area contributed by atoms with E-state index in [1.54, 1.807) is 0 Å². The van der Waals surface area contributed by atoms with Crippen molar-refractivity contribution in [3.8, 4) is 0 Å². The van der Waals surface area contributed by atoms with Gasteiger partial charge in [-0.15, -0.1) is 0 Å². The summed E-state index contributed by atoms with van der Waals surface area (Å²) in [6.07, 6.45) is 1.24. The van der Waals surface area contributed by atoms with E-state index < -0.39 is 36.5 Å². The van der Waals surface area contributed by atoms with Crippen LogP contribution < -0.4 is 5.32 Å². The summed E-state index contributed by atoms with van der Waals surface area (Å²) < 4.78 is 4.63. The highest BCUT2D eigenvalue weighted by Gasteiger charge is 2.37. The van der Waals surface area contributed by atoms with Gasteiger partial charge in [0.05, 0.1) is 13.7 Å². The third-order valence-corrected chi connectivity index (χ3v) is 2.87. The van der Waals surface area contributed by atoms with Crippen molar-refractivity contribution in [1.82, 2.24) is 10.2 Å². The van der Waals surface area contributed by atoms with Crippen LogP contribution in [0.4, 0.5) is 0 Å². The number of amides is 2. The minimum atomic E-state index is -1.01. The van der Waals surface area contributed by atoms with Crippen molar-refractivity contribution in [3.05, 3.63) is 0 Å². The molecule has 0 aromatic heterocycles. The number of nitrogens with one attached hydrogen (secondary N) is 1. The minimum absolute atomic E-state index is 0.406. The van der Waals surface area contributed by atoms with Crippen LogP contribution in [0, 0.1) is 0 Å². The van der Waals surface area contributed by atoms with E-state index in [9.17, 15) is 14.4 Å². The zero-order valence-corrected chi connectivity index (χ0v) is 10.5. The van der Waals surface area contributed by atoms with Crippen LogP contribution >= 0.6 is 0 Å². The van der Waals surface area contributed by atoms with Gasteiger partial charge in [0.25, 0.3) is 0 Å². The number of carbonyl (C=O) groups is 3. The summed E-state index contributed by atoms with van der Waals surface area (Å²) in [5.74, 6) is -1.34. The molecule has 0 bridgehead atoms. The minimum Gasteiger partial charge on any atom is -0.467 e. The number of carbonyl (C=O) groups excluding carboxylic acids is 3. The van der Waals surface area contributed by atoms with Crippen molar-refractivity contribution >= 4 is 17.8 Å². The average molecular weight is 258 g/mol. The highest BCUT2D eigenvalue weighted by Crippen LogP contribution is 2.19.